The third-order valence-electron chi connectivity index (χ3n) is 4.72. The maximum atomic E-state index is 10.9. The number of benzene rings is 1. The van der Waals surface area contributed by atoms with Crippen LogP contribution in [0.2, 0.25) is 0 Å². The quantitative estimate of drug-likeness (QED) is 0.259. The first-order valence-corrected chi connectivity index (χ1v) is 11.5. The maximum absolute atomic E-state index is 10.9. The minimum absolute atomic E-state index is 0. The molecule has 3 nitrogen and oxygen atoms in total. The summed E-state index contributed by atoms with van der Waals surface area (Å²) in [4.78, 5) is 10.6. The van der Waals surface area contributed by atoms with Crippen LogP contribution < -0.4 is 5.30 Å². The summed E-state index contributed by atoms with van der Waals surface area (Å²) >= 11 is 0. The van der Waals surface area contributed by atoms with Crippen LogP contribution >= 0.6 is 24.2 Å². The summed E-state index contributed by atoms with van der Waals surface area (Å²) in [5.41, 5.74) is 0.216. The Bertz CT molecular complexity index is 429. The zero-order valence-electron chi connectivity index (χ0n) is 14.8. The second-order valence-corrected chi connectivity index (χ2v) is 11.0. The molecule has 0 aromatic heterocycles. The van der Waals surface area contributed by atoms with E-state index in [-0.39, 0.29) is 27.6 Å². The van der Waals surface area contributed by atoms with Crippen molar-refractivity contribution in [1.82, 2.24) is 0 Å². The molecule has 1 aromatic carbocycles. The Labute approximate surface area is 152 Å². The third kappa shape index (κ3) is 6.89. The van der Waals surface area contributed by atoms with Crippen LogP contribution in [0.25, 0.3) is 0 Å². The van der Waals surface area contributed by atoms with Crippen LogP contribution in [0.15, 0.2) is 24.3 Å². The molecule has 5 heteroatoms. The fraction of sp³-hybridized carbons (Fsp3) is 0.667. The third-order valence-corrected chi connectivity index (χ3v) is 10.2. The molecule has 0 unspecified atom stereocenters. The molecule has 0 amide bonds. The van der Waals surface area contributed by atoms with Crippen molar-refractivity contribution in [2.45, 2.75) is 59.3 Å². The molecule has 1 aromatic rings. The topological polar surface area (TPSA) is 43.1 Å². The molecule has 0 heterocycles. The molecule has 0 aliphatic rings. The van der Waals surface area contributed by atoms with Crippen LogP contribution in [0.3, 0.4) is 0 Å². The van der Waals surface area contributed by atoms with Gasteiger partial charge in [-0.15, -0.1) is 17.0 Å². The number of nitro benzene ring substituents is 1. The zero-order chi connectivity index (χ0) is 16.4. The zero-order valence-corrected chi connectivity index (χ0v) is 17.6. The van der Waals surface area contributed by atoms with Crippen molar-refractivity contribution in [2.24, 2.45) is 0 Å². The Morgan fingerprint density at radius 3 is 1.57 bits per heavy atom. The number of halogens is 1. The van der Waals surface area contributed by atoms with E-state index in [1.54, 1.807) is 12.1 Å². The van der Waals surface area contributed by atoms with Crippen LogP contribution in [0.5, 0.6) is 0 Å². The van der Waals surface area contributed by atoms with Gasteiger partial charge in [-0.25, -0.2) is 0 Å². The summed E-state index contributed by atoms with van der Waals surface area (Å²) < 4.78 is 0. The van der Waals surface area contributed by atoms with Gasteiger partial charge >= 0.3 is 135 Å². The van der Waals surface area contributed by atoms with Gasteiger partial charge in [0.25, 0.3) is 0 Å². The Balaban J connectivity index is 0.00000484. The summed E-state index contributed by atoms with van der Waals surface area (Å²) in [5, 5.41) is 12.3. The van der Waals surface area contributed by atoms with Gasteiger partial charge < -0.3 is 0 Å². The standard InChI is InChI=1S/C18H32NO2P.BrH/c1-4-7-14-22(15-8-5-2,16-9-6-3)18-12-10-17(11-13-18)19(20)21;/h10-13,22H,4-9,14-16H2,1-3H3;1H. The van der Waals surface area contributed by atoms with Gasteiger partial charge in [0.1, 0.15) is 0 Å². The summed E-state index contributed by atoms with van der Waals surface area (Å²) in [7, 11) is -1.51. The first kappa shape index (κ1) is 22.5. The van der Waals surface area contributed by atoms with E-state index in [1.165, 1.54) is 62.3 Å². The average molecular weight is 406 g/mol. The molecule has 0 fully saturated rings. The van der Waals surface area contributed by atoms with Crippen LogP contribution in [0.1, 0.15) is 59.3 Å². The van der Waals surface area contributed by atoms with Gasteiger partial charge in [-0.05, 0) is 0 Å². The van der Waals surface area contributed by atoms with Gasteiger partial charge in [0.15, 0.2) is 0 Å². The number of hydrogen-bond donors (Lipinski definition) is 0. The monoisotopic (exact) mass is 405 g/mol. The van der Waals surface area contributed by atoms with Crippen LogP contribution in [0.4, 0.5) is 5.69 Å². The Morgan fingerprint density at radius 2 is 1.26 bits per heavy atom. The van der Waals surface area contributed by atoms with E-state index in [0.717, 1.165) is 0 Å². The van der Waals surface area contributed by atoms with Crippen LogP contribution in [-0.4, -0.2) is 23.4 Å². The molecule has 0 spiro atoms. The van der Waals surface area contributed by atoms with E-state index in [9.17, 15) is 10.1 Å². The van der Waals surface area contributed by atoms with Gasteiger partial charge in [-0.2, -0.15) is 0 Å². The fourth-order valence-corrected chi connectivity index (χ4v) is 8.87. The average Bonchev–Trinajstić information content (AvgIpc) is 2.54. The summed E-state index contributed by atoms with van der Waals surface area (Å²) in [6, 6.07) is 7.54. The van der Waals surface area contributed by atoms with E-state index in [1.807, 2.05) is 0 Å². The predicted octanol–water partition coefficient (Wildman–Crippen LogP) is 5.95. The van der Waals surface area contributed by atoms with Crippen molar-refractivity contribution in [3.05, 3.63) is 34.4 Å². The summed E-state index contributed by atoms with van der Waals surface area (Å²) in [6.45, 7) is 6.78. The minimum atomic E-state index is -1.51. The molecule has 23 heavy (non-hydrogen) atoms. The molecular formula is C18H33BrNO2P. The normalized spacial score (nSPS) is 11.8. The number of nitrogens with zero attached hydrogens (tertiary/aromatic N) is 1. The van der Waals surface area contributed by atoms with Crippen molar-refractivity contribution in [3.8, 4) is 0 Å². The Kier molecular flexibility index (Phi) is 11.7. The van der Waals surface area contributed by atoms with Gasteiger partial charge in [0.2, 0.25) is 0 Å². The number of unbranched alkanes of at least 4 members (excludes halogenated alkanes) is 3. The first-order chi connectivity index (χ1) is 10.6. The van der Waals surface area contributed by atoms with Crippen molar-refractivity contribution < 1.29 is 4.92 Å². The molecular weight excluding hydrogens is 373 g/mol. The van der Waals surface area contributed by atoms with Crippen molar-refractivity contribution in [1.29, 1.82) is 0 Å². The van der Waals surface area contributed by atoms with Crippen molar-refractivity contribution in [2.75, 3.05) is 18.5 Å². The molecule has 0 saturated heterocycles. The van der Waals surface area contributed by atoms with Gasteiger partial charge in [-0.1, -0.05) is 0 Å². The molecule has 0 aliphatic heterocycles. The van der Waals surface area contributed by atoms with E-state index in [2.05, 4.69) is 32.9 Å². The first-order valence-electron chi connectivity index (χ1n) is 8.84. The van der Waals surface area contributed by atoms with E-state index < -0.39 is 7.26 Å². The van der Waals surface area contributed by atoms with E-state index >= 15 is 0 Å². The van der Waals surface area contributed by atoms with E-state index in [0.29, 0.717) is 0 Å². The fourth-order valence-electron chi connectivity index (χ4n) is 3.29. The molecule has 0 N–H and O–H groups in total. The van der Waals surface area contributed by atoms with Gasteiger partial charge in [-0.3, -0.25) is 0 Å². The molecule has 134 valence electrons. The molecule has 0 saturated carbocycles. The van der Waals surface area contributed by atoms with Crippen LogP contribution in [-0.2, 0) is 0 Å². The van der Waals surface area contributed by atoms with Gasteiger partial charge in [0, 0.05) is 0 Å². The molecule has 1 rings (SSSR count). The summed E-state index contributed by atoms with van der Waals surface area (Å²) in [5.74, 6) is 0. The Morgan fingerprint density at radius 1 is 0.870 bits per heavy atom. The van der Waals surface area contributed by atoms with Crippen LogP contribution in [0, 0.1) is 10.1 Å². The second-order valence-electron chi connectivity index (χ2n) is 6.39. The molecule has 0 radical (unpaired) electrons. The van der Waals surface area contributed by atoms with Gasteiger partial charge in [0.05, 0.1) is 0 Å². The number of nitro groups is 1. The van der Waals surface area contributed by atoms with Crippen molar-refractivity contribution >= 4 is 35.2 Å². The van der Waals surface area contributed by atoms with Crippen molar-refractivity contribution in [3.63, 3.8) is 0 Å². The Hall–Kier alpha value is -0.470. The molecule has 0 bridgehead atoms. The SMILES string of the molecule is Br.CCCC[PH](CCCC)(CCCC)c1ccc([N+](=O)[O-])cc1. The molecule has 0 aliphatic carbocycles. The molecule has 0 atom stereocenters. The predicted molar refractivity (Wildman–Crippen MR) is 111 cm³/mol. The number of non-ortho nitro benzene ring substituents is 1. The number of hydrogen-bond acceptors (Lipinski definition) is 2. The number of rotatable bonds is 11. The summed E-state index contributed by atoms with van der Waals surface area (Å²) in [6.07, 6.45) is 11.6. The van der Waals surface area contributed by atoms with E-state index in [4.69, 9.17) is 0 Å². The second kappa shape index (κ2) is 12.0.